The van der Waals surface area contributed by atoms with Gasteiger partial charge in [0.05, 0.1) is 0 Å². The number of Topliss-reactive ketones (excluding diaryl/α,β-unsaturated/α-hetero) is 1. The molecule has 2 nitrogen and oxygen atoms in total. The molecule has 0 aliphatic heterocycles. The quantitative estimate of drug-likeness (QED) is 0.746. The Balaban J connectivity index is 1.84. The number of halogens is 2. The number of hydrogen-bond acceptors (Lipinski definition) is 2. The fraction of sp³-hybridized carbons (Fsp3) is 0.235. The average molecular weight is 306 g/mol. The number of rotatable bonds is 6. The highest BCUT2D eigenvalue weighted by Gasteiger charge is 2.08. The summed E-state index contributed by atoms with van der Waals surface area (Å²) >= 11 is 5.95. The van der Waals surface area contributed by atoms with E-state index in [4.69, 9.17) is 11.6 Å². The van der Waals surface area contributed by atoms with Crippen molar-refractivity contribution in [2.45, 2.75) is 13.0 Å². The third kappa shape index (κ3) is 4.96. The second-order valence-electron chi connectivity index (χ2n) is 5.05. The van der Waals surface area contributed by atoms with Gasteiger partial charge in [0.15, 0.2) is 5.78 Å². The SMILES string of the molecule is CN(CCC(=O)c1ccc(F)cc1)Cc1cccc(Cl)c1. The van der Waals surface area contributed by atoms with Crippen LogP contribution in [-0.4, -0.2) is 24.3 Å². The third-order valence-electron chi connectivity index (χ3n) is 3.23. The first-order valence-corrected chi connectivity index (χ1v) is 7.14. The maximum Gasteiger partial charge on any atom is 0.164 e. The van der Waals surface area contributed by atoms with E-state index in [0.29, 0.717) is 23.6 Å². The Morgan fingerprint density at radius 1 is 1.19 bits per heavy atom. The van der Waals surface area contributed by atoms with E-state index in [1.165, 1.54) is 24.3 Å². The highest BCUT2D eigenvalue weighted by Crippen LogP contribution is 2.12. The van der Waals surface area contributed by atoms with Gasteiger partial charge in [0.2, 0.25) is 0 Å². The van der Waals surface area contributed by atoms with Crippen LogP contribution < -0.4 is 0 Å². The minimum Gasteiger partial charge on any atom is -0.302 e. The lowest BCUT2D eigenvalue weighted by molar-refractivity contribution is 0.0968. The van der Waals surface area contributed by atoms with Gasteiger partial charge in [-0.2, -0.15) is 0 Å². The molecule has 2 aromatic rings. The molecule has 0 radical (unpaired) electrons. The van der Waals surface area contributed by atoms with Gasteiger partial charge < -0.3 is 4.90 Å². The molecule has 4 heteroatoms. The van der Waals surface area contributed by atoms with Crippen molar-refractivity contribution in [3.8, 4) is 0 Å². The fourth-order valence-corrected chi connectivity index (χ4v) is 2.31. The minimum atomic E-state index is -0.329. The Labute approximate surface area is 129 Å². The molecule has 2 aromatic carbocycles. The normalized spacial score (nSPS) is 10.9. The van der Waals surface area contributed by atoms with Crippen molar-refractivity contribution in [3.63, 3.8) is 0 Å². The van der Waals surface area contributed by atoms with Crippen LogP contribution in [0.25, 0.3) is 0 Å². The number of hydrogen-bond donors (Lipinski definition) is 0. The van der Waals surface area contributed by atoms with Crippen molar-refractivity contribution >= 4 is 17.4 Å². The molecular formula is C17H17ClFNO. The average Bonchev–Trinajstić information content (AvgIpc) is 2.45. The monoisotopic (exact) mass is 305 g/mol. The standard InChI is InChI=1S/C17H17ClFNO/c1-20(12-13-3-2-4-15(18)11-13)10-9-17(21)14-5-7-16(19)8-6-14/h2-8,11H,9-10,12H2,1H3. The Morgan fingerprint density at radius 3 is 2.57 bits per heavy atom. The third-order valence-corrected chi connectivity index (χ3v) is 3.46. The Morgan fingerprint density at radius 2 is 1.90 bits per heavy atom. The first-order chi connectivity index (χ1) is 10.0. The summed E-state index contributed by atoms with van der Waals surface area (Å²) in [5, 5.41) is 0.711. The number of nitrogens with zero attached hydrogens (tertiary/aromatic N) is 1. The summed E-state index contributed by atoms with van der Waals surface area (Å²) < 4.78 is 12.8. The van der Waals surface area contributed by atoms with Crippen molar-refractivity contribution in [1.82, 2.24) is 4.90 Å². The summed E-state index contributed by atoms with van der Waals surface area (Å²) in [7, 11) is 1.96. The second-order valence-corrected chi connectivity index (χ2v) is 5.48. The molecule has 0 amide bonds. The van der Waals surface area contributed by atoms with E-state index in [9.17, 15) is 9.18 Å². The molecule has 0 aliphatic carbocycles. The van der Waals surface area contributed by atoms with E-state index in [0.717, 1.165) is 12.1 Å². The van der Waals surface area contributed by atoms with Crippen LogP contribution in [0.3, 0.4) is 0 Å². The fourth-order valence-electron chi connectivity index (χ4n) is 2.10. The van der Waals surface area contributed by atoms with Gasteiger partial charge in [0.25, 0.3) is 0 Å². The topological polar surface area (TPSA) is 20.3 Å². The zero-order valence-corrected chi connectivity index (χ0v) is 12.6. The van der Waals surface area contributed by atoms with Crippen molar-refractivity contribution in [1.29, 1.82) is 0 Å². The van der Waals surface area contributed by atoms with Crippen LogP contribution in [0.2, 0.25) is 5.02 Å². The molecule has 0 aromatic heterocycles. The maximum absolute atomic E-state index is 12.8. The highest BCUT2D eigenvalue weighted by atomic mass is 35.5. The molecule has 110 valence electrons. The summed E-state index contributed by atoms with van der Waals surface area (Å²) in [4.78, 5) is 14.1. The van der Waals surface area contributed by atoms with Crippen LogP contribution in [0.5, 0.6) is 0 Å². The van der Waals surface area contributed by atoms with Crippen molar-refractivity contribution in [3.05, 3.63) is 70.5 Å². The Kier molecular flexibility index (Phi) is 5.48. The van der Waals surface area contributed by atoms with Crippen LogP contribution >= 0.6 is 11.6 Å². The molecule has 0 spiro atoms. The van der Waals surface area contributed by atoms with Crippen molar-refractivity contribution in [2.24, 2.45) is 0 Å². The summed E-state index contributed by atoms with van der Waals surface area (Å²) in [5.41, 5.74) is 1.66. The lowest BCUT2D eigenvalue weighted by Crippen LogP contribution is -2.21. The van der Waals surface area contributed by atoms with Gasteiger partial charge in [-0.15, -0.1) is 0 Å². The van der Waals surface area contributed by atoms with Crippen molar-refractivity contribution in [2.75, 3.05) is 13.6 Å². The molecular weight excluding hydrogens is 289 g/mol. The van der Waals surface area contributed by atoms with Crippen LogP contribution in [0.1, 0.15) is 22.3 Å². The largest absolute Gasteiger partial charge is 0.302 e. The predicted octanol–water partition coefficient (Wildman–Crippen LogP) is 4.18. The van der Waals surface area contributed by atoms with E-state index in [-0.39, 0.29) is 11.6 Å². The lowest BCUT2D eigenvalue weighted by atomic mass is 10.1. The summed E-state index contributed by atoms with van der Waals surface area (Å²) in [6.45, 7) is 1.37. The zero-order valence-electron chi connectivity index (χ0n) is 11.9. The molecule has 2 rings (SSSR count). The van der Waals surface area contributed by atoms with Gasteiger partial charge >= 0.3 is 0 Å². The molecule has 0 atom stereocenters. The highest BCUT2D eigenvalue weighted by molar-refractivity contribution is 6.30. The molecule has 21 heavy (non-hydrogen) atoms. The number of carbonyl (C=O) groups excluding carboxylic acids is 1. The minimum absolute atomic E-state index is 0.0212. The summed E-state index contributed by atoms with van der Waals surface area (Å²) in [5.74, 6) is -0.308. The van der Waals surface area contributed by atoms with E-state index in [1.54, 1.807) is 0 Å². The lowest BCUT2D eigenvalue weighted by Gasteiger charge is -2.16. The van der Waals surface area contributed by atoms with E-state index in [2.05, 4.69) is 4.90 Å². The predicted molar refractivity (Wildman–Crippen MR) is 83.1 cm³/mol. The second kappa shape index (κ2) is 7.34. The van der Waals surface area contributed by atoms with E-state index < -0.39 is 0 Å². The molecule has 0 fully saturated rings. The number of carbonyl (C=O) groups is 1. The summed E-state index contributed by atoms with van der Waals surface area (Å²) in [6, 6.07) is 13.3. The smallest absolute Gasteiger partial charge is 0.164 e. The molecule has 0 heterocycles. The van der Waals surface area contributed by atoms with Gasteiger partial charge in [-0.25, -0.2) is 4.39 Å². The van der Waals surface area contributed by atoms with Gasteiger partial charge in [-0.05, 0) is 49.0 Å². The molecule has 0 saturated carbocycles. The van der Waals surface area contributed by atoms with Gasteiger partial charge in [-0.1, -0.05) is 23.7 Å². The van der Waals surface area contributed by atoms with Gasteiger partial charge in [0.1, 0.15) is 5.82 Å². The van der Waals surface area contributed by atoms with Crippen LogP contribution in [0.4, 0.5) is 4.39 Å². The van der Waals surface area contributed by atoms with Crippen LogP contribution in [0, 0.1) is 5.82 Å². The van der Waals surface area contributed by atoms with E-state index in [1.807, 2.05) is 31.3 Å². The number of ketones is 1. The van der Waals surface area contributed by atoms with Gasteiger partial charge in [-0.3, -0.25) is 4.79 Å². The van der Waals surface area contributed by atoms with Crippen LogP contribution in [-0.2, 0) is 6.54 Å². The molecule has 0 bridgehead atoms. The molecule has 0 N–H and O–H groups in total. The summed E-state index contributed by atoms with van der Waals surface area (Å²) in [6.07, 6.45) is 0.405. The van der Waals surface area contributed by atoms with Crippen molar-refractivity contribution < 1.29 is 9.18 Å². The van der Waals surface area contributed by atoms with Crippen LogP contribution in [0.15, 0.2) is 48.5 Å². The Bertz CT molecular complexity index is 612. The first-order valence-electron chi connectivity index (χ1n) is 6.76. The van der Waals surface area contributed by atoms with Gasteiger partial charge in [0, 0.05) is 30.1 Å². The maximum atomic E-state index is 12.8. The molecule has 0 saturated heterocycles. The molecule has 0 unspecified atom stereocenters. The zero-order chi connectivity index (χ0) is 15.2. The first kappa shape index (κ1) is 15.7. The number of benzene rings is 2. The molecule has 0 aliphatic rings. The van der Waals surface area contributed by atoms with E-state index >= 15 is 0 Å². The Hall–Kier alpha value is -1.71.